The zero-order chi connectivity index (χ0) is 25.5. The van der Waals surface area contributed by atoms with Gasteiger partial charge in [-0.05, 0) is 50.3 Å². The second-order valence-corrected chi connectivity index (χ2v) is 10.4. The van der Waals surface area contributed by atoms with Gasteiger partial charge in [0.05, 0.1) is 22.9 Å². The minimum absolute atomic E-state index is 0.103. The number of carbonyl (C=O) groups is 2. The summed E-state index contributed by atoms with van der Waals surface area (Å²) in [5, 5.41) is 13.0. The minimum Gasteiger partial charge on any atom is -0.484 e. The summed E-state index contributed by atoms with van der Waals surface area (Å²) in [5.41, 5.74) is 1.52. The molecule has 1 N–H and O–H groups in total. The van der Waals surface area contributed by atoms with Crippen LogP contribution < -0.4 is 10.1 Å². The van der Waals surface area contributed by atoms with E-state index in [0.29, 0.717) is 38.9 Å². The number of amides is 1. The Morgan fingerprint density at radius 1 is 1.28 bits per heavy atom. The fraction of sp³-hybridized carbons (Fsp3) is 0.360. The van der Waals surface area contributed by atoms with Crippen LogP contribution in [0.5, 0.6) is 5.75 Å². The van der Waals surface area contributed by atoms with Gasteiger partial charge in [-0.25, -0.2) is 4.79 Å². The van der Waals surface area contributed by atoms with E-state index >= 15 is 0 Å². The van der Waals surface area contributed by atoms with E-state index in [4.69, 9.17) is 21.1 Å². The number of para-hydroxylation sites is 1. The molecule has 0 unspecified atom stereocenters. The minimum atomic E-state index is -0.381. The highest BCUT2D eigenvalue weighted by Crippen LogP contribution is 2.38. The number of ether oxygens (including phenoxy) is 2. The zero-order valence-corrected chi connectivity index (χ0v) is 22.3. The molecule has 0 saturated heterocycles. The fourth-order valence-electron chi connectivity index (χ4n) is 3.92. The highest BCUT2D eigenvalue weighted by Gasteiger charge is 2.27. The number of fused-ring (bicyclic) bond motifs is 1. The third kappa shape index (κ3) is 6.11. The van der Waals surface area contributed by atoms with Crippen LogP contribution in [0.4, 0.5) is 5.00 Å². The number of nitrogens with one attached hydrogen (secondary N) is 1. The lowest BCUT2D eigenvalue weighted by molar-refractivity contribution is -0.113. The molecule has 1 aliphatic carbocycles. The van der Waals surface area contributed by atoms with Crippen molar-refractivity contribution in [1.29, 1.82) is 0 Å². The lowest BCUT2D eigenvalue weighted by atomic mass is 9.95. The van der Waals surface area contributed by atoms with Crippen molar-refractivity contribution in [3.05, 3.63) is 63.8 Å². The molecule has 1 aliphatic rings. The van der Waals surface area contributed by atoms with Crippen LogP contribution >= 0.6 is 34.7 Å². The molecule has 0 bridgehead atoms. The summed E-state index contributed by atoms with van der Waals surface area (Å²) in [6.45, 7) is 6.50. The fourth-order valence-corrected chi connectivity index (χ4v) is 6.17. The van der Waals surface area contributed by atoms with Crippen molar-refractivity contribution >= 4 is 51.6 Å². The largest absolute Gasteiger partial charge is 0.484 e. The van der Waals surface area contributed by atoms with E-state index in [1.807, 2.05) is 16.7 Å². The number of carbonyl (C=O) groups excluding carboxylic acids is 2. The number of hydrogen-bond acceptors (Lipinski definition) is 8. The molecular weight excluding hydrogens is 520 g/mol. The number of anilines is 1. The summed E-state index contributed by atoms with van der Waals surface area (Å²) in [4.78, 5) is 26.7. The molecule has 11 heteroatoms. The Hall–Kier alpha value is -2.82. The van der Waals surface area contributed by atoms with Gasteiger partial charge in [-0.3, -0.25) is 9.36 Å². The molecule has 0 saturated carbocycles. The molecule has 1 amide bonds. The van der Waals surface area contributed by atoms with E-state index in [2.05, 4.69) is 22.1 Å². The number of thiophene rings is 1. The number of allylic oxidation sites excluding steroid dienone is 1. The van der Waals surface area contributed by atoms with Crippen molar-refractivity contribution in [3.63, 3.8) is 0 Å². The second-order valence-electron chi connectivity index (χ2n) is 7.99. The molecule has 190 valence electrons. The molecular formula is C25H27ClN4O4S2. The zero-order valence-electron chi connectivity index (χ0n) is 19.9. The molecule has 0 atom stereocenters. The Labute approximate surface area is 223 Å². The molecule has 0 radical (unpaired) electrons. The van der Waals surface area contributed by atoms with Crippen molar-refractivity contribution in [2.24, 2.45) is 0 Å². The number of nitrogens with zero attached hydrogens (tertiary/aromatic N) is 3. The Bertz CT molecular complexity index is 1260. The molecule has 0 fully saturated rings. The summed E-state index contributed by atoms with van der Waals surface area (Å²) < 4.78 is 12.9. The summed E-state index contributed by atoms with van der Waals surface area (Å²) in [5.74, 6) is 0.635. The summed E-state index contributed by atoms with van der Waals surface area (Å²) in [6.07, 6.45) is 5.59. The highest BCUT2D eigenvalue weighted by molar-refractivity contribution is 7.99. The normalized spacial score (nSPS) is 12.6. The average molecular weight is 547 g/mol. The van der Waals surface area contributed by atoms with Crippen LogP contribution in [0.25, 0.3) is 0 Å². The van der Waals surface area contributed by atoms with E-state index < -0.39 is 0 Å². The molecule has 0 spiro atoms. The van der Waals surface area contributed by atoms with Gasteiger partial charge in [0.1, 0.15) is 17.4 Å². The van der Waals surface area contributed by atoms with Gasteiger partial charge in [0.2, 0.25) is 5.91 Å². The molecule has 2 heterocycles. The van der Waals surface area contributed by atoms with Gasteiger partial charge in [0, 0.05) is 11.4 Å². The van der Waals surface area contributed by atoms with Crippen molar-refractivity contribution in [2.45, 2.75) is 50.9 Å². The van der Waals surface area contributed by atoms with Crippen LogP contribution in [0.15, 0.2) is 42.1 Å². The Morgan fingerprint density at radius 2 is 2.08 bits per heavy atom. The summed E-state index contributed by atoms with van der Waals surface area (Å²) >= 11 is 8.90. The number of thioether (sulfide) groups is 1. The molecule has 0 aliphatic heterocycles. The first-order valence-electron chi connectivity index (χ1n) is 11.7. The lowest BCUT2D eigenvalue weighted by Crippen LogP contribution is -2.17. The topological polar surface area (TPSA) is 95.3 Å². The van der Waals surface area contributed by atoms with E-state index in [1.54, 1.807) is 25.1 Å². The quantitative estimate of drug-likeness (QED) is 0.191. The van der Waals surface area contributed by atoms with Crippen LogP contribution in [0, 0.1) is 0 Å². The predicted octanol–water partition coefficient (Wildman–Crippen LogP) is 5.54. The van der Waals surface area contributed by atoms with Crippen molar-refractivity contribution in [1.82, 2.24) is 14.8 Å². The van der Waals surface area contributed by atoms with Gasteiger partial charge in [0.25, 0.3) is 0 Å². The third-order valence-corrected chi connectivity index (χ3v) is 8.02. The maximum absolute atomic E-state index is 12.9. The SMILES string of the molecule is C=CCn1c(COc2ccccc2Cl)nnc1SCC(=O)Nc1sc2c(c1C(=O)OCC)CCCC2. The van der Waals surface area contributed by atoms with Crippen LogP contribution in [0.2, 0.25) is 5.02 Å². The Kier molecular flexibility index (Phi) is 9.06. The molecule has 8 nitrogen and oxygen atoms in total. The molecule has 4 rings (SSSR count). The van der Waals surface area contributed by atoms with Crippen LogP contribution in [-0.2, 0) is 35.5 Å². The van der Waals surface area contributed by atoms with Gasteiger partial charge in [-0.1, -0.05) is 41.6 Å². The Balaban J connectivity index is 1.43. The Morgan fingerprint density at radius 3 is 2.86 bits per heavy atom. The smallest absolute Gasteiger partial charge is 0.341 e. The average Bonchev–Trinajstić information content (AvgIpc) is 3.43. The van der Waals surface area contributed by atoms with E-state index in [1.165, 1.54) is 23.1 Å². The van der Waals surface area contributed by atoms with E-state index in [-0.39, 0.29) is 30.8 Å². The lowest BCUT2D eigenvalue weighted by Gasteiger charge is -2.12. The number of benzene rings is 1. The summed E-state index contributed by atoms with van der Waals surface area (Å²) in [7, 11) is 0. The van der Waals surface area contributed by atoms with Crippen molar-refractivity contribution < 1.29 is 19.1 Å². The first kappa shape index (κ1) is 26.2. The number of aromatic nitrogens is 3. The predicted molar refractivity (Wildman–Crippen MR) is 142 cm³/mol. The first-order valence-corrected chi connectivity index (χ1v) is 13.8. The number of halogens is 1. The highest BCUT2D eigenvalue weighted by atomic mass is 35.5. The number of rotatable bonds is 11. The van der Waals surface area contributed by atoms with Gasteiger partial charge in [-0.15, -0.1) is 28.1 Å². The summed E-state index contributed by atoms with van der Waals surface area (Å²) in [6, 6.07) is 7.20. The standard InChI is InChI=1S/C25H27ClN4O4S2/c1-3-13-30-20(14-34-18-11-7-6-10-17(18)26)28-29-25(30)35-15-21(31)27-23-22(24(32)33-4-2)16-9-5-8-12-19(16)36-23/h3,6-7,10-11H,1,4-5,8-9,12-15H2,2H3,(H,27,31). The third-order valence-electron chi connectivity index (χ3n) is 5.53. The van der Waals surface area contributed by atoms with Crippen molar-refractivity contribution in [2.75, 3.05) is 17.7 Å². The number of esters is 1. The monoisotopic (exact) mass is 546 g/mol. The number of hydrogen-bond donors (Lipinski definition) is 1. The number of aryl methyl sites for hydroxylation is 1. The van der Waals surface area contributed by atoms with Gasteiger partial charge >= 0.3 is 5.97 Å². The molecule has 36 heavy (non-hydrogen) atoms. The van der Waals surface area contributed by atoms with Gasteiger partial charge < -0.3 is 14.8 Å². The maximum Gasteiger partial charge on any atom is 0.341 e. The van der Waals surface area contributed by atoms with E-state index in [9.17, 15) is 9.59 Å². The van der Waals surface area contributed by atoms with Crippen LogP contribution in [0.3, 0.4) is 0 Å². The van der Waals surface area contributed by atoms with Crippen LogP contribution in [0.1, 0.15) is 46.4 Å². The molecule has 3 aromatic rings. The van der Waals surface area contributed by atoms with E-state index in [0.717, 1.165) is 36.1 Å². The first-order chi connectivity index (χ1) is 17.5. The molecule has 1 aromatic carbocycles. The molecule has 2 aromatic heterocycles. The maximum atomic E-state index is 12.9. The van der Waals surface area contributed by atoms with Crippen LogP contribution in [-0.4, -0.2) is 39.0 Å². The van der Waals surface area contributed by atoms with Crippen molar-refractivity contribution in [3.8, 4) is 5.75 Å². The second kappa shape index (κ2) is 12.4. The van der Waals surface area contributed by atoms with Gasteiger partial charge in [0.15, 0.2) is 11.0 Å². The van der Waals surface area contributed by atoms with Gasteiger partial charge in [-0.2, -0.15) is 0 Å².